The van der Waals surface area contributed by atoms with E-state index in [-0.39, 0.29) is 0 Å². The van der Waals surface area contributed by atoms with Crippen LogP contribution in [0.3, 0.4) is 0 Å². The van der Waals surface area contributed by atoms with E-state index in [9.17, 15) is 0 Å². The van der Waals surface area contributed by atoms with Gasteiger partial charge in [0.25, 0.3) is 0 Å². The maximum absolute atomic E-state index is 5.48. The molecule has 0 aliphatic carbocycles. The van der Waals surface area contributed by atoms with Gasteiger partial charge in [-0.15, -0.1) is 0 Å². The topological polar surface area (TPSA) is 74.2 Å². The molecule has 2 aromatic rings. The van der Waals surface area contributed by atoms with Crippen LogP contribution in [0.15, 0.2) is 28.9 Å². The molecule has 84 valence electrons. The molecule has 0 aliphatic heterocycles. The number of aryl methyl sites for hydroxylation is 1. The second-order valence-electron chi connectivity index (χ2n) is 3.41. The summed E-state index contributed by atoms with van der Waals surface area (Å²) in [6.07, 6.45) is 1.65. The predicted molar refractivity (Wildman–Crippen MR) is 57.7 cm³/mol. The Balaban J connectivity index is 1.94. The van der Waals surface area contributed by atoms with Crippen molar-refractivity contribution in [3.8, 4) is 5.75 Å². The lowest BCUT2D eigenvalue weighted by Crippen LogP contribution is -2.00. The summed E-state index contributed by atoms with van der Waals surface area (Å²) in [4.78, 5) is 4.12. The van der Waals surface area contributed by atoms with Crippen LogP contribution in [0.25, 0.3) is 0 Å². The second kappa shape index (κ2) is 4.76. The zero-order valence-electron chi connectivity index (χ0n) is 9.01. The molecule has 0 atom stereocenters. The summed E-state index contributed by atoms with van der Waals surface area (Å²) in [5.41, 5.74) is 7.04. The zero-order chi connectivity index (χ0) is 11.4. The lowest BCUT2D eigenvalue weighted by molar-refractivity contribution is 0.286. The molecular weight excluding hydrogens is 206 g/mol. The Bertz CT molecular complexity index is 451. The van der Waals surface area contributed by atoms with Crippen LogP contribution >= 0.6 is 0 Å². The molecule has 0 saturated carbocycles. The molecule has 0 fully saturated rings. The number of ether oxygens (including phenoxy) is 1. The van der Waals surface area contributed by atoms with Gasteiger partial charge in [0.15, 0.2) is 0 Å². The number of hydrogen-bond donors (Lipinski definition) is 1. The summed E-state index contributed by atoms with van der Waals surface area (Å²) in [6.45, 7) is 2.65. The third-order valence-electron chi connectivity index (χ3n) is 2.07. The first-order chi connectivity index (χ1) is 7.78. The minimum absolute atomic E-state index is 0.376. The molecule has 0 radical (unpaired) electrons. The molecule has 0 saturated heterocycles. The van der Waals surface area contributed by atoms with Crippen molar-refractivity contribution in [3.05, 3.63) is 41.5 Å². The van der Waals surface area contributed by atoms with Crippen LogP contribution in [0.2, 0.25) is 0 Å². The van der Waals surface area contributed by atoms with Gasteiger partial charge in [-0.3, -0.25) is 4.98 Å². The summed E-state index contributed by atoms with van der Waals surface area (Å²) in [7, 11) is 0. The van der Waals surface area contributed by atoms with Gasteiger partial charge in [0.1, 0.15) is 23.8 Å². The average molecular weight is 219 g/mol. The van der Waals surface area contributed by atoms with Gasteiger partial charge in [-0.2, -0.15) is 0 Å². The number of pyridine rings is 1. The van der Waals surface area contributed by atoms with E-state index in [1.54, 1.807) is 6.20 Å². The lowest BCUT2D eigenvalue weighted by atomic mass is 10.3. The van der Waals surface area contributed by atoms with Gasteiger partial charge in [0.05, 0.1) is 11.9 Å². The second-order valence-corrected chi connectivity index (χ2v) is 3.41. The van der Waals surface area contributed by atoms with Crippen molar-refractivity contribution in [3.63, 3.8) is 0 Å². The molecule has 0 bridgehead atoms. The van der Waals surface area contributed by atoms with Crippen molar-refractivity contribution in [2.45, 2.75) is 20.1 Å². The third kappa shape index (κ3) is 2.58. The molecular formula is C11H13N3O2. The van der Waals surface area contributed by atoms with Crippen LogP contribution < -0.4 is 10.5 Å². The van der Waals surface area contributed by atoms with Gasteiger partial charge in [-0.1, -0.05) is 5.16 Å². The van der Waals surface area contributed by atoms with E-state index in [2.05, 4.69) is 10.1 Å². The maximum Gasteiger partial charge on any atom is 0.138 e. The Kier molecular flexibility index (Phi) is 3.16. The van der Waals surface area contributed by atoms with Gasteiger partial charge in [-0.05, 0) is 19.1 Å². The Morgan fingerprint density at radius 3 is 2.81 bits per heavy atom. The fourth-order valence-electron chi connectivity index (χ4n) is 1.26. The van der Waals surface area contributed by atoms with Crippen molar-refractivity contribution in [1.82, 2.24) is 10.1 Å². The minimum atomic E-state index is 0.376. The predicted octanol–water partition coefficient (Wildman–Crippen LogP) is 1.42. The number of hydrogen-bond acceptors (Lipinski definition) is 5. The average Bonchev–Trinajstić information content (AvgIpc) is 2.73. The summed E-state index contributed by atoms with van der Waals surface area (Å²) in [6, 6.07) is 5.51. The van der Waals surface area contributed by atoms with E-state index in [0.717, 1.165) is 17.1 Å². The first kappa shape index (κ1) is 10.6. The van der Waals surface area contributed by atoms with Crippen LogP contribution in [0.5, 0.6) is 5.75 Å². The molecule has 2 heterocycles. The third-order valence-corrected chi connectivity index (χ3v) is 2.07. The van der Waals surface area contributed by atoms with Crippen molar-refractivity contribution >= 4 is 0 Å². The Labute approximate surface area is 93.2 Å². The first-order valence-corrected chi connectivity index (χ1v) is 4.98. The monoisotopic (exact) mass is 219 g/mol. The normalized spacial score (nSPS) is 10.4. The number of rotatable bonds is 4. The summed E-state index contributed by atoms with van der Waals surface area (Å²) < 4.78 is 10.4. The fraction of sp³-hybridized carbons (Fsp3) is 0.273. The molecule has 2 rings (SSSR count). The molecule has 0 aromatic carbocycles. The number of aromatic nitrogens is 2. The Hall–Kier alpha value is -1.88. The first-order valence-electron chi connectivity index (χ1n) is 4.98. The van der Waals surface area contributed by atoms with Crippen molar-refractivity contribution in [1.29, 1.82) is 0 Å². The molecule has 0 aliphatic rings. The van der Waals surface area contributed by atoms with E-state index in [0.29, 0.717) is 18.9 Å². The van der Waals surface area contributed by atoms with Crippen LogP contribution in [0, 0.1) is 6.92 Å². The number of nitrogens with zero attached hydrogens (tertiary/aromatic N) is 2. The Morgan fingerprint density at radius 1 is 1.38 bits per heavy atom. The highest BCUT2D eigenvalue weighted by Gasteiger charge is 2.01. The summed E-state index contributed by atoms with van der Waals surface area (Å²) in [5, 5.41) is 3.82. The quantitative estimate of drug-likeness (QED) is 0.841. The van der Waals surface area contributed by atoms with Crippen molar-refractivity contribution in [2.24, 2.45) is 5.73 Å². The van der Waals surface area contributed by atoms with Gasteiger partial charge < -0.3 is 15.0 Å². The van der Waals surface area contributed by atoms with Crippen LogP contribution in [0.1, 0.15) is 17.1 Å². The van der Waals surface area contributed by atoms with Crippen molar-refractivity contribution in [2.75, 3.05) is 0 Å². The molecule has 5 nitrogen and oxygen atoms in total. The van der Waals surface area contributed by atoms with E-state index >= 15 is 0 Å². The summed E-state index contributed by atoms with van der Waals surface area (Å²) in [5.74, 6) is 1.47. The van der Waals surface area contributed by atoms with E-state index in [4.69, 9.17) is 15.0 Å². The number of nitrogens with two attached hydrogens (primary N) is 1. The lowest BCUT2D eigenvalue weighted by Gasteiger charge is -2.03. The van der Waals surface area contributed by atoms with Crippen LogP contribution in [-0.4, -0.2) is 10.1 Å². The molecule has 5 heteroatoms. The molecule has 0 spiro atoms. The fourth-order valence-corrected chi connectivity index (χ4v) is 1.26. The van der Waals surface area contributed by atoms with Crippen molar-refractivity contribution < 1.29 is 9.26 Å². The van der Waals surface area contributed by atoms with E-state index in [1.807, 2.05) is 25.1 Å². The SMILES string of the molecule is Cc1cc(COc2ccc(CN)nc2)no1. The highest BCUT2D eigenvalue weighted by molar-refractivity contribution is 5.20. The highest BCUT2D eigenvalue weighted by atomic mass is 16.5. The van der Waals surface area contributed by atoms with Crippen LogP contribution in [-0.2, 0) is 13.2 Å². The maximum atomic E-state index is 5.48. The minimum Gasteiger partial charge on any atom is -0.486 e. The highest BCUT2D eigenvalue weighted by Crippen LogP contribution is 2.11. The van der Waals surface area contributed by atoms with E-state index < -0.39 is 0 Å². The molecule has 16 heavy (non-hydrogen) atoms. The molecule has 0 amide bonds. The van der Waals surface area contributed by atoms with Gasteiger partial charge >= 0.3 is 0 Å². The molecule has 2 aromatic heterocycles. The van der Waals surface area contributed by atoms with Gasteiger partial charge in [-0.25, -0.2) is 0 Å². The van der Waals surface area contributed by atoms with Gasteiger partial charge in [0, 0.05) is 12.6 Å². The standard InChI is InChI=1S/C11H13N3O2/c1-8-4-10(14-16-8)7-15-11-3-2-9(5-12)13-6-11/h2-4,6H,5,7,12H2,1H3. The van der Waals surface area contributed by atoms with E-state index in [1.165, 1.54) is 0 Å². The Morgan fingerprint density at radius 2 is 2.25 bits per heavy atom. The smallest absolute Gasteiger partial charge is 0.138 e. The molecule has 0 unspecified atom stereocenters. The molecule has 2 N–H and O–H groups in total. The van der Waals surface area contributed by atoms with Crippen LogP contribution in [0.4, 0.5) is 0 Å². The zero-order valence-corrected chi connectivity index (χ0v) is 9.01. The largest absolute Gasteiger partial charge is 0.486 e. The van der Waals surface area contributed by atoms with Gasteiger partial charge in [0.2, 0.25) is 0 Å². The summed E-state index contributed by atoms with van der Waals surface area (Å²) >= 11 is 0.